The fourth-order valence-electron chi connectivity index (χ4n) is 1.64. The molecule has 0 bridgehead atoms. The van der Waals surface area contributed by atoms with Gasteiger partial charge in [0.1, 0.15) is 0 Å². The molecule has 88 valence electrons. The zero-order valence-corrected chi connectivity index (χ0v) is 9.53. The molecule has 1 aromatic rings. The van der Waals surface area contributed by atoms with Crippen LogP contribution in [0.1, 0.15) is 23.4 Å². The first-order chi connectivity index (χ1) is 7.47. The summed E-state index contributed by atoms with van der Waals surface area (Å²) in [6.45, 7) is 3.00. The monoisotopic (exact) mass is 247 g/mol. The van der Waals surface area contributed by atoms with Gasteiger partial charge >= 0.3 is 6.18 Å². The smallest absolute Gasteiger partial charge is 0.301 e. The lowest BCUT2D eigenvalue weighted by atomic mass is 10.1. The Morgan fingerprint density at radius 3 is 2.31 bits per heavy atom. The van der Waals surface area contributed by atoms with Crippen molar-refractivity contribution in [3.8, 4) is 0 Å². The molecule has 1 N–H and O–H groups in total. The number of alkyl halides is 3. The average Bonchev–Trinajstić information content (AvgIpc) is 2.64. The summed E-state index contributed by atoms with van der Waals surface area (Å²) in [5, 5.41) is 3.89. The molecule has 1 saturated heterocycles. The Morgan fingerprint density at radius 2 is 1.88 bits per heavy atom. The molecule has 0 amide bonds. The van der Waals surface area contributed by atoms with Crippen LogP contribution in [0, 0.1) is 0 Å². The summed E-state index contributed by atoms with van der Waals surface area (Å²) < 4.78 is 37.0. The van der Waals surface area contributed by atoms with Crippen molar-refractivity contribution >= 4 is 11.8 Å². The van der Waals surface area contributed by atoms with Crippen LogP contribution >= 0.6 is 11.8 Å². The van der Waals surface area contributed by atoms with Crippen LogP contribution < -0.4 is 5.32 Å². The van der Waals surface area contributed by atoms with E-state index in [9.17, 15) is 13.2 Å². The third-order valence-corrected chi connectivity index (χ3v) is 3.84. The van der Waals surface area contributed by atoms with Gasteiger partial charge in [-0.2, -0.15) is 13.2 Å². The first kappa shape index (κ1) is 11.8. The van der Waals surface area contributed by atoms with Gasteiger partial charge in [-0.15, -0.1) is 11.8 Å². The molecule has 0 spiro atoms. The van der Waals surface area contributed by atoms with Crippen molar-refractivity contribution in [1.82, 2.24) is 5.32 Å². The third-order valence-electron chi connectivity index (χ3n) is 2.50. The van der Waals surface area contributed by atoms with Gasteiger partial charge in [0.2, 0.25) is 0 Å². The second kappa shape index (κ2) is 4.30. The van der Waals surface area contributed by atoms with E-state index in [1.165, 1.54) is 0 Å². The van der Waals surface area contributed by atoms with Gasteiger partial charge in [0, 0.05) is 11.8 Å². The molecule has 0 radical (unpaired) electrons. The van der Waals surface area contributed by atoms with E-state index >= 15 is 0 Å². The quantitative estimate of drug-likeness (QED) is 0.816. The summed E-state index contributed by atoms with van der Waals surface area (Å²) in [4.78, 5) is 0. The normalized spacial score (nSPS) is 26.0. The maximum Gasteiger partial charge on any atom is 0.416 e. The molecule has 5 heteroatoms. The Balaban J connectivity index is 2.14. The zero-order chi connectivity index (χ0) is 11.8. The Morgan fingerprint density at radius 1 is 1.25 bits per heavy atom. The summed E-state index contributed by atoms with van der Waals surface area (Å²) in [7, 11) is 0. The molecule has 16 heavy (non-hydrogen) atoms. The third kappa shape index (κ3) is 2.52. The molecule has 0 saturated carbocycles. The molecule has 1 aliphatic rings. The van der Waals surface area contributed by atoms with Crippen molar-refractivity contribution < 1.29 is 13.2 Å². The maximum atomic E-state index is 12.3. The second-order valence-electron chi connectivity index (χ2n) is 3.85. The largest absolute Gasteiger partial charge is 0.416 e. The van der Waals surface area contributed by atoms with E-state index in [0.29, 0.717) is 5.25 Å². The first-order valence-electron chi connectivity index (χ1n) is 5.03. The molecule has 1 heterocycles. The Hall–Kier alpha value is -0.680. The standard InChI is InChI=1S/C11H12F3NS/c1-7-6-15-10(16-7)8-2-4-9(5-3-8)11(12,13)14/h2-5,7,10,15H,6H2,1H3. The number of nitrogens with one attached hydrogen (secondary N) is 1. The summed E-state index contributed by atoms with van der Waals surface area (Å²) in [5.41, 5.74) is 0.314. The van der Waals surface area contributed by atoms with Crippen LogP contribution in [0.15, 0.2) is 24.3 Å². The van der Waals surface area contributed by atoms with E-state index in [4.69, 9.17) is 0 Å². The predicted octanol–water partition coefficient (Wildman–Crippen LogP) is 3.43. The second-order valence-corrected chi connectivity index (χ2v) is 5.40. The van der Waals surface area contributed by atoms with Crippen molar-refractivity contribution in [2.45, 2.75) is 23.7 Å². The molecular formula is C11H12F3NS. The van der Waals surface area contributed by atoms with E-state index in [1.54, 1.807) is 23.9 Å². The van der Waals surface area contributed by atoms with Crippen LogP contribution in [-0.2, 0) is 6.18 Å². The van der Waals surface area contributed by atoms with E-state index in [2.05, 4.69) is 12.2 Å². The van der Waals surface area contributed by atoms with Gasteiger partial charge in [0.15, 0.2) is 0 Å². The highest BCUT2D eigenvalue weighted by molar-refractivity contribution is 8.00. The minimum absolute atomic E-state index is 0.122. The number of hydrogen-bond acceptors (Lipinski definition) is 2. The average molecular weight is 247 g/mol. The van der Waals surface area contributed by atoms with Crippen LogP contribution in [-0.4, -0.2) is 11.8 Å². The van der Waals surface area contributed by atoms with Gasteiger partial charge in [0.25, 0.3) is 0 Å². The minimum Gasteiger partial charge on any atom is -0.301 e. The Bertz CT molecular complexity index is 360. The molecule has 2 unspecified atom stereocenters. The Labute approximate surface area is 96.4 Å². The van der Waals surface area contributed by atoms with Crippen molar-refractivity contribution in [2.75, 3.05) is 6.54 Å². The van der Waals surface area contributed by atoms with E-state index in [-0.39, 0.29) is 5.37 Å². The van der Waals surface area contributed by atoms with Crippen LogP contribution in [0.2, 0.25) is 0 Å². The molecule has 1 fully saturated rings. The molecular weight excluding hydrogens is 235 g/mol. The lowest BCUT2D eigenvalue weighted by Gasteiger charge is -2.12. The summed E-state index contributed by atoms with van der Waals surface area (Å²) >= 11 is 1.74. The topological polar surface area (TPSA) is 12.0 Å². The van der Waals surface area contributed by atoms with Crippen molar-refractivity contribution in [3.05, 3.63) is 35.4 Å². The predicted molar refractivity (Wildman–Crippen MR) is 59.2 cm³/mol. The number of halogens is 3. The number of rotatable bonds is 1. The van der Waals surface area contributed by atoms with Gasteiger partial charge in [0.05, 0.1) is 10.9 Å². The molecule has 0 aliphatic carbocycles. The van der Waals surface area contributed by atoms with Crippen molar-refractivity contribution in [3.63, 3.8) is 0 Å². The molecule has 2 rings (SSSR count). The van der Waals surface area contributed by atoms with Crippen LogP contribution in [0.5, 0.6) is 0 Å². The maximum absolute atomic E-state index is 12.3. The number of thioether (sulfide) groups is 1. The highest BCUT2D eigenvalue weighted by Gasteiger charge is 2.30. The van der Waals surface area contributed by atoms with Gasteiger partial charge < -0.3 is 5.32 Å². The van der Waals surface area contributed by atoms with Crippen molar-refractivity contribution in [1.29, 1.82) is 0 Å². The SMILES string of the molecule is CC1CNC(c2ccc(C(F)(F)F)cc2)S1. The van der Waals surface area contributed by atoms with E-state index in [1.807, 2.05) is 0 Å². The van der Waals surface area contributed by atoms with Crippen LogP contribution in [0.3, 0.4) is 0 Å². The molecule has 2 atom stereocenters. The highest BCUT2D eigenvalue weighted by atomic mass is 32.2. The van der Waals surface area contributed by atoms with Crippen LogP contribution in [0.25, 0.3) is 0 Å². The van der Waals surface area contributed by atoms with E-state index in [0.717, 1.165) is 24.2 Å². The first-order valence-corrected chi connectivity index (χ1v) is 5.97. The fourth-order valence-corrected chi connectivity index (χ4v) is 2.81. The van der Waals surface area contributed by atoms with Crippen molar-refractivity contribution in [2.24, 2.45) is 0 Å². The number of benzene rings is 1. The van der Waals surface area contributed by atoms with Crippen LogP contribution in [0.4, 0.5) is 13.2 Å². The molecule has 1 nitrogen and oxygen atoms in total. The van der Waals surface area contributed by atoms with E-state index < -0.39 is 11.7 Å². The van der Waals surface area contributed by atoms with Gasteiger partial charge in [-0.1, -0.05) is 19.1 Å². The number of hydrogen-bond donors (Lipinski definition) is 1. The summed E-state index contributed by atoms with van der Waals surface area (Å²) in [5.74, 6) is 0. The fraction of sp³-hybridized carbons (Fsp3) is 0.455. The molecule has 1 aromatic carbocycles. The lowest BCUT2D eigenvalue weighted by Crippen LogP contribution is -2.14. The lowest BCUT2D eigenvalue weighted by molar-refractivity contribution is -0.137. The van der Waals surface area contributed by atoms with Gasteiger partial charge in [-0.3, -0.25) is 0 Å². The molecule has 1 aliphatic heterocycles. The zero-order valence-electron chi connectivity index (χ0n) is 8.71. The van der Waals surface area contributed by atoms with Gasteiger partial charge in [-0.05, 0) is 17.7 Å². The Kier molecular flexibility index (Phi) is 3.17. The molecule has 0 aromatic heterocycles. The van der Waals surface area contributed by atoms with Gasteiger partial charge in [-0.25, -0.2) is 0 Å². The highest BCUT2D eigenvalue weighted by Crippen LogP contribution is 2.36. The summed E-state index contributed by atoms with van der Waals surface area (Å²) in [6.07, 6.45) is -4.25. The minimum atomic E-state index is -4.25. The summed E-state index contributed by atoms with van der Waals surface area (Å²) in [6, 6.07) is 5.37.